The smallest absolute Gasteiger partial charge is 0.267 e. The molecule has 0 bridgehead atoms. The molecule has 2 rings (SSSR count). The lowest BCUT2D eigenvalue weighted by Gasteiger charge is -2.08. The van der Waals surface area contributed by atoms with Gasteiger partial charge in [0.2, 0.25) is 0 Å². The monoisotopic (exact) mass is 309 g/mol. The Balaban J connectivity index is 2.02. The summed E-state index contributed by atoms with van der Waals surface area (Å²) in [6.07, 6.45) is 1.48. The summed E-state index contributed by atoms with van der Waals surface area (Å²) in [5.74, 6) is -1.10. The maximum absolute atomic E-state index is 11.9. The number of hydrogen-bond acceptors (Lipinski definition) is 3. The van der Waals surface area contributed by atoms with E-state index in [0.717, 1.165) is 0 Å². The molecule has 0 aliphatic carbocycles. The van der Waals surface area contributed by atoms with Gasteiger partial charge in [-0.15, -0.1) is 0 Å². The molecule has 0 saturated carbocycles. The van der Waals surface area contributed by atoms with Crippen molar-refractivity contribution in [2.24, 2.45) is 0 Å². The molecule has 0 aliphatic rings. The lowest BCUT2D eigenvalue weighted by molar-refractivity contribution is 0.0844. The second kappa shape index (κ2) is 6.36. The van der Waals surface area contributed by atoms with Crippen molar-refractivity contribution in [3.63, 3.8) is 0 Å². The molecule has 1 aromatic carbocycles. The van der Waals surface area contributed by atoms with Gasteiger partial charge in [-0.2, -0.15) is 0 Å². The third-order valence-electron chi connectivity index (χ3n) is 2.36. The van der Waals surface area contributed by atoms with E-state index in [1.165, 1.54) is 24.4 Å². The third-order valence-corrected chi connectivity index (χ3v) is 2.92. The summed E-state index contributed by atoms with van der Waals surface area (Å²) in [7, 11) is 0. The van der Waals surface area contributed by atoms with Crippen molar-refractivity contribution in [2.75, 3.05) is 0 Å². The number of hydrogen-bond donors (Lipinski definition) is 2. The van der Waals surface area contributed by atoms with Gasteiger partial charge in [-0.25, -0.2) is 0 Å². The number of halogens is 2. The molecule has 1 aromatic heterocycles. The topological polar surface area (TPSA) is 71.1 Å². The van der Waals surface area contributed by atoms with Crippen molar-refractivity contribution >= 4 is 35.0 Å². The van der Waals surface area contributed by atoms with Crippen LogP contribution in [-0.2, 0) is 0 Å². The minimum absolute atomic E-state index is 0.167. The van der Waals surface area contributed by atoms with Crippen LogP contribution >= 0.6 is 23.2 Å². The first-order chi connectivity index (χ1) is 9.58. The number of aromatic nitrogens is 1. The van der Waals surface area contributed by atoms with Crippen LogP contribution in [-0.4, -0.2) is 16.8 Å². The van der Waals surface area contributed by atoms with Crippen LogP contribution in [0.15, 0.2) is 42.6 Å². The number of pyridine rings is 1. The number of nitrogens with one attached hydrogen (secondary N) is 2. The Kier molecular flexibility index (Phi) is 4.55. The van der Waals surface area contributed by atoms with Crippen molar-refractivity contribution in [1.82, 2.24) is 15.8 Å². The second-order valence-electron chi connectivity index (χ2n) is 3.75. The zero-order chi connectivity index (χ0) is 14.5. The second-order valence-corrected chi connectivity index (χ2v) is 4.59. The van der Waals surface area contributed by atoms with E-state index in [1.54, 1.807) is 18.2 Å². The average molecular weight is 310 g/mol. The molecule has 0 fully saturated rings. The summed E-state index contributed by atoms with van der Waals surface area (Å²) in [5.41, 5.74) is 4.84. The highest BCUT2D eigenvalue weighted by atomic mass is 35.5. The van der Waals surface area contributed by atoms with Gasteiger partial charge in [0.05, 0.1) is 10.6 Å². The van der Waals surface area contributed by atoms with Gasteiger partial charge in [0.25, 0.3) is 11.8 Å². The van der Waals surface area contributed by atoms with Crippen molar-refractivity contribution in [3.8, 4) is 0 Å². The molecule has 2 amide bonds. The maximum atomic E-state index is 11.9. The number of amides is 2. The first-order valence-corrected chi connectivity index (χ1v) is 6.30. The molecule has 102 valence electrons. The van der Waals surface area contributed by atoms with Gasteiger partial charge in [0.15, 0.2) is 0 Å². The minimum atomic E-state index is -0.568. The average Bonchev–Trinajstić information content (AvgIpc) is 2.47. The molecular weight excluding hydrogens is 301 g/mol. The third kappa shape index (κ3) is 3.46. The lowest BCUT2D eigenvalue weighted by Crippen LogP contribution is -2.42. The fraction of sp³-hybridized carbons (Fsp3) is 0. The molecule has 2 N–H and O–H groups in total. The SMILES string of the molecule is O=C(NNC(=O)c1cc(Cl)ccc1Cl)c1ccccn1. The Morgan fingerprint density at radius 2 is 1.75 bits per heavy atom. The Labute approximate surface area is 124 Å². The van der Waals surface area contributed by atoms with E-state index in [2.05, 4.69) is 15.8 Å². The molecule has 1 heterocycles. The molecule has 0 aliphatic heterocycles. The van der Waals surface area contributed by atoms with Crippen LogP contribution in [0.3, 0.4) is 0 Å². The van der Waals surface area contributed by atoms with E-state index in [-0.39, 0.29) is 16.3 Å². The van der Waals surface area contributed by atoms with Gasteiger partial charge >= 0.3 is 0 Å². The minimum Gasteiger partial charge on any atom is -0.267 e. The van der Waals surface area contributed by atoms with Crippen LogP contribution in [0.4, 0.5) is 0 Å². The summed E-state index contributed by atoms with van der Waals surface area (Å²) in [5, 5.41) is 0.606. The Bertz CT molecular complexity index is 647. The van der Waals surface area contributed by atoms with Gasteiger partial charge in [-0.3, -0.25) is 25.4 Å². The van der Waals surface area contributed by atoms with Crippen molar-refractivity contribution in [2.45, 2.75) is 0 Å². The van der Waals surface area contributed by atoms with E-state index < -0.39 is 11.8 Å². The largest absolute Gasteiger partial charge is 0.288 e. The van der Waals surface area contributed by atoms with E-state index in [4.69, 9.17) is 23.2 Å². The number of rotatable bonds is 2. The Hall–Kier alpha value is -2.11. The fourth-order valence-electron chi connectivity index (χ4n) is 1.41. The number of carbonyl (C=O) groups excluding carboxylic acids is 2. The van der Waals surface area contributed by atoms with Crippen LogP contribution in [0, 0.1) is 0 Å². The quantitative estimate of drug-likeness (QED) is 0.837. The molecule has 0 unspecified atom stereocenters. The molecule has 5 nitrogen and oxygen atoms in total. The maximum Gasteiger partial charge on any atom is 0.288 e. The van der Waals surface area contributed by atoms with Crippen LogP contribution in [0.5, 0.6) is 0 Å². The fourth-order valence-corrected chi connectivity index (χ4v) is 1.79. The molecule has 0 saturated heterocycles. The zero-order valence-corrected chi connectivity index (χ0v) is 11.6. The van der Waals surface area contributed by atoms with Crippen LogP contribution in [0.1, 0.15) is 20.8 Å². The standard InChI is InChI=1S/C13H9Cl2N3O2/c14-8-4-5-10(15)9(7-8)12(19)17-18-13(20)11-3-1-2-6-16-11/h1-7H,(H,17,19)(H,18,20). The van der Waals surface area contributed by atoms with Gasteiger partial charge in [0, 0.05) is 11.2 Å². The van der Waals surface area contributed by atoms with Gasteiger partial charge < -0.3 is 0 Å². The van der Waals surface area contributed by atoms with E-state index in [9.17, 15) is 9.59 Å². The van der Waals surface area contributed by atoms with Crippen LogP contribution < -0.4 is 10.9 Å². The van der Waals surface area contributed by atoms with Crippen molar-refractivity contribution in [3.05, 3.63) is 63.9 Å². The summed E-state index contributed by atoms with van der Waals surface area (Å²) in [4.78, 5) is 27.4. The first-order valence-electron chi connectivity index (χ1n) is 5.54. The molecule has 0 atom stereocenters. The highest BCUT2D eigenvalue weighted by molar-refractivity contribution is 6.35. The summed E-state index contributed by atoms with van der Waals surface area (Å²) in [6, 6.07) is 9.34. The van der Waals surface area contributed by atoms with Gasteiger partial charge in [-0.05, 0) is 30.3 Å². The predicted octanol–water partition coefficient (Wildman–Crippen LogP) is 2.46. The zero-order valence-electron chi connectivity index (χ0n) is 10.1. The number of hydrazine groups is 1. The Morgan fingerprint density at radius 3 is 2.45 bits per heavy atom. The van der Waals surface area contributed by atoms with Crippen molar-refractivity contribution < 1.29 is 9.59 Å². The molecule has 7 heteroatoms. The molecule has 20 heavy (non-hydrogen) atoms. The van der Waals surface area contributed by atoms with Crippen LogP contribution in [0.2, 0.25) is 10.0 Å². The molecule has 0 spiro atoms. The summed E-state index contributed by atoms with van der Waals surface area (Å²) < 4.78 is 0. The number of benzene rings is 1. The molecule has 0 radical (unpaired) electrons. The summed E-state index contributed by atoms with van der Waals surface area (Å²) in [6.45, 7) is 0. The highest BCUT2D eigenvalue weighted by Crippen LogP contribution is 2.20. The molecular formula is C13H9Cl2N3O2. The van der Waals surface area contributed by atoms with Crippen molar-refractivity contribution in [1.29, 1.82) is 0 Å². The predicted molar refractivity (Wildman–Crippen MR) is 75.6 cm³/mol. The number of carbonyl (C=O) groups is 2. The summed E-state index contributed by atoms with van der Waals surface area (Å²) >= 11 is 11.7. The molecule has 2 aromatic rings. The van der Waals surface area contributed by atoms with Gasteiger partial charge in [0.1, 0.15) is 5.69 Å². The Morgan fingerprint density at radius 1 is 1.00 bits per heavy atom. The normalized spacial score (nSPS) is 9.90. The van der Waals surface area contributed by atoms with E-state index >= 15 is 0 Å². The van der Waals surface area contributed by atoms with E-state index in [0.29, 0.717) is 5.02 Å². The lowest BCUT2D eigenvalue weighted by atomic mass is 10.2. The van der Waals surface area contributed by atoms with Crippen LogP contribution in [0.25, 0.3) is 0 Å². The van der Waals surface area contributed by atoms with Gasteiger partial charge in [-0.1, -0.05) is 29.3 Å². The number of nitrogens with zero attached hydrogens (tertiary/aromatic N) is 1. The van der Waals surface area contributed by atoms with E-state index in [1.807, 2.05) is 0 Å². The highest BCUT2D eigenvalue weighted by Gasteiger charge is 2.13. The first kappa shape index (κ1) is 14.3.